The second kappa shape index (κ2) is 6.70. The average Bonchev–Trinajstić information content (AvgIpc) is 2.84. The van der Waals surface area contributed by atoms with Gasteiger partial charge in [-0.3, -0.25) is 4.18 Å². The molecule has 0 aliphatic carbocycles. The van der Waals surface area contributed by atoms with E-state index in [0.29, 0.717) is 13.0 Å². The molecule has 2 aromatic rings. The van der Waals surface area contributed by atoms with Crippen molar-refractivity contribution >= 4 is 10.3 Å². The lowest BCUT2D eigenvalue weighted by molar-refractivity contribution is 0.305. The molecule has 1 aliphatic rings. The molecule has 1 aliphatic heterocycles. The molecular formula is C17H19NO4S. The summed E-state index contributed by atoms with van der Waals surface area (Å²) in [6.07, 6.45) is 0.635. The molecule has 0 bridgehead atoms. The maximum atomic E-state index is 12.2. The molecule has 1 atom stereocenters. The second-order valence-electron chi connectivity index (χ2n) is 5.48. The van der Waals surface area contributed by atoms with Gasteiger partial charge in [-0.1, -0.05) is 42.5 Å². The first-order chi connectivity index (χ1) is 11.1. The Morgan fingerprint density at radius 2 is 1.78 bits per heavy atom. The number of ether oxygens (including phenoxy) is 1. The monoisotopic (exact) mass is 333 g/mol. The SMILES string of the molecule is COc1ccc(CN2[C@@H](Cc3ccccc3)COS2(=O)=O)cc1. The molecule has 0 unspecified atom stereocenters. The normalized spacial score (nSPS) is 20.5. The van der Waals surface area contributed by atoms with Gasteiger partial charge < -0.3 is 4.74 Å². The summed E-state index contributed by atoms with van der Waals surface area (Å²) < 4.78 is 35.9. The smallest absolute Gasteiger partial charge is 0.339 e. The molecule has 1 heterocycles. The van der Waals surface area contributed by atoms with Gasteiger partial charge in [-0.25, -0.2) is 0 Å². The van der Waals surface area contributed by atoms with E-state index in [9.17, 15) is 8.42 Å². The Morgan fingerprint density at radius 3 is 2.43 bits per heavy atom. The number of rotatable bonds is 5. The van der Waals surface area contributed by atoms with Gasteiger partial charge in [-0.05, 0) is 29.7 Å². The predicted molar refractivity (Wildman–Crippen MR) is 87.3 cm³/mol. The van der Waals surface area contributed by atoms with Gasteiger partial charge in [0.2, 0.25) is 0 Å². The van der Waals surface area contributed by atoms with Crippen LogP contribution < -0.4 is 4.74 Å². The van der Waals surface area contributed by atoms with Crippen LogP contribution in [0.4, 0.5) is 0 Å². The number of hydrogen-bond acceptors (Lipinski definition) is 4. The molecule has 0 spiro atoms. The van der Waals surface area contributed by atoms with E-state index in [1.807, 2.05) is 54.6 Å². The molecule has 0 saturated carbocycles. The minimum atomic E-state index is -3.67. The van der Waals surface area contributed by atoms with Gasteiger partial charge in [0.15, 0.2) is 0 Å². The van der Waals surface area contributed by atoms with Crippen LogP contribution in [0.5, 0.6) is 5.75 Å². The molecule has 0 radical (unpaired) electrons. The van der Waals surface area contributed by atoms with Crippen LogP contribution >= 0.6 is 0 Å². The van der Waals surface area contributed by atoms with Gasteiger partial charge >= 0.3 is 10.3 Å². The molecule has 3 rings (SSSR count). The Hall–Kier alpha value is -1.89. The molecule has 5 nitrogen and oxygen atoms in total. The third-order valence-electron chi connectivity index (χ3n) is 3.92. The van der Waals surface area contributed by atoms with Crippen molar-refractivity contribution in [2.24, 2.45) is 0 Å². The molecule has 1 fully saturated rings. The molecule has 0 amide bonds. The van der Waals surface area contributed by atoms with Gasteiger partial charge in [-0.2, -0.15) is 12.7 Å². The lowest BCUT2D eigenvalue weighted by Gasteiger charge is -2.20. The van der Waals surface area contributed by atoms with Crippen LogP contribution in [0.2, 0.25) is 0 Å². The summed E-state index contributed by atoms with van der Waals surface area (Å²) in [6.45, 7) is 0.483. The standard InChI is InChI=1S/C17H19NO4S/c1-21-17-9-7-15(8-10-17)12-18-16(13-22-23(18,19)20)11-14-5-3-2-4-6-14/h2-10,16H,11-13H2,1H3/t16-/m0/s1. The van der Waals surface area contributed by atoms with Gasteiger partial charge in [0.25, 0.3) is 0 Å². The van der Waals surface area contributed by atoms with Crippen molar-refractivity contribution in [3.05, 3.63) is 65.7 Å². The third-order valence-corrected chi connectivity index (χ3v) is 5.35. The first-order valence-electron chi connectivity index (χ1n) is 7.41. The zero-order chi connectivity index (χ0) is 16.3. The third kappa shape index (κ3) is 3.72. The Morgan fingerprint density at radius 1 is 1.09 bits per heavy atom. The molecule has 0 aromatic heterocycles. The van der Waals surface area contributed by atoms with Crippen LogP contribution in [0.25, 0.3) is 0 Å². The van der Waals surface area contributed by atoms with E-state index in [-0.39, 0.29) is 12.6 Å². The predicted octanol–water partition coefficient (Wildman–Crippen LogP) is 2.38. The maximum Gasteiger partial charge on any atom is 0.339 e. The van der Waals surface area contributed by atoms with E-state index >= 15 is 0 Å². The molecular weight excluding hydrogens is 314 g/mol. The minimum absolute atomic E-state index is 0.188. The summed E-state index contributed by atoms with van der Waals surface area (Å²) >= 11 is 0. The zero-order valence-electron chi connectivity index (χ0n) is 12.9. The van der Waals surface area contributed by atoms with Crippen LogP contribution in [0.3, 0.4) is 0 Å². The number of nitrogens with zero attached hydrogens (tertiary/aromatic N) is 1. The van der Waals surface area contributed by atoms with E-state index in [1.54, 1.807) is 7.11 Å². The number of benzene rings is 2. The summed E-state index contributed by atoms with van der Waals surface area (Å²) in [5.41, 5.74) is 2.00. The van der Waals surface area contributed by atoms with E-state index in [2.05, 4.69) is 0 Å². The molecule has 6 heteroatoms. The topological polar surface area (TPSA) is 55.8 Å². The highest BCUT2D eigenvalue weighted by molar-refractivity contribution is 7.84. The lowest BCUT2D eigenvalue weighted by atomic mass is 10.1. The van der Waals surface area contributed by atoms with Crippen molar-refractivity contribution in [1.82, 2.24) is 4.31 Å². The first-order valence-corrected chi connectivity index (χ1v) is 8.78. The van der Waals surface area contributed by atoms with Gasteiger partial charge in [0, 0.05) is 6.54 Å². The van der Waals surface area contributed by atoms with Crippen LogP contribution in [0.15, 0.2) is 54.6 Å². The van der Waals surface area contributed by atoms with Gasteiger partial charge in [0.1, 0.15) is 5.75 Å². The summed E-state index contributed by atoms with van der Waals surface area (Å²) in [5.74, 6) is 0.745. The zero-order valence-corrected chi connectivity index (χ0v) is 13.7. The lowest BCUT2D eigenvalue weighted by Crippen LogP contribution is -2.35. The van der Waals surface area contributed by atoms with Crippen molar-refractivity contribution in [2.45, 2.75) is 19.0 Å². The first kappa shape index (κ1) is 16.0. The molecule has 2 aromatic carbocycles. The van der Waals surface area contributed by atoms with Crippen molar-refractivity contribution < 1.29 is 17.3 Å². The summed E-state index contributed by atoms with van der Waals surface area (Å²) in [4.78, 5) is 0. The van der Waals surface area contributed by atoms with Crippen molar-refractivity contribution in [2.75, 3.05) is 13.7 Å². The Kier molecular flexibility index (Phi) is 4.66. The van der Waals surface area contributed by atoms with Gasteiger partial charge in [-0.15, -0.1) is 0 Å². The molecule has 122 valence electrons. The van der Waals surface area contributed by atoms with Crippen molar-refractivity contribution in [1.29, 1.82) is 0 Å². The maximum absolute atomic E-state index is 12.2. The Labute approximate surface area is 136 Å². The molecule has 0 N–H and O–H groups in total. The van der Waals surface area contributed by atoms with E-state index < -0.39 is 10.3 Å². The summed E-state index contributed by atoms with van der Waals surface area (Å²) in [5, 5.41) is 0. The Bertz CT molecular complexity index is 744. The fourth-order valence-electron chi connectivity index (χ4n) is 2.66. The number of methoxy groups -OCH3 is 1. The number of hydrogen-bond donors (Lipinski definition) is 0. The highest BCUT2D eigenvalue weighted by Crippen LogP contribution is 2.25. The van der Waals surface area contributed by atoms with E-state index in [1.165, 1.54) is 4.31 Å². The Balaban J connectivity index is 1.77. The second-order valence-corrected chi connectivity index (χ2v) is 7.04. The van der Waals surface area contributed by atoms with Crippen molar-refractivity contribution in [3.8, 4) is 5.75 Å². The van der Waals surface area contributed by atoms with E-state index in [4.69, 9.17) is 8.92 Å². The highest BCUT2D eigenvalue weighted by atomic mass is 32.2. The molecule has 23 heavy (non-hydrogen) atoms. The quantitative estimate of drug-likeness (QED) is 0.843. The summed E-state index contributed by atoms with van der Waals surface area (Å²) in [6, 6.07) is 17.0. The fourth-order valence-corrected chi connectivity index (χ4v) is 3.94. The summed E-state index contributed by atoms with van der Waals surface area (Å²) in [7, 11) is -2.07. The average molecular weight is 333 g/mol. The van der Waals surface area contributed by atoms with Gasteiger partial charge in [0.05, 0.1) is 19.8 Å². The molecule has 1 saturated heterocycles. The van der Waals surface area contributed by atoms with Crippen LogP contribution in [-0.4, -0.2) is 32.5 Å². The van der Waals surface area contributed by atoms with Crippen LogP contribution in [0, 0.1) is 0 Å². The van der Waals surface area contributed by atoms with Crippen LogP contribution in [-0.2, 0) is 27.5 Å². The largest absolute Gasteiger partial charge is 0.497 e. The van der Waals surface area contributed by atoms with E-state index in [0.717, 1.165) is 16.9 Å². The van der Waals surface area contributed by atoms with Crippen LogP contribution in [0.1, 0.15) is 11.1 Å². The van der Waals surface area contributed by atoms with Crippen molar-refractivity contribution in [3.63, 3.8) is 0 Å². The fraction of sp³-hybridized carbons (Fsp3) is 0.294. The minimum Gasteiger partial charge on any atom is -0.497 e. The highest BCUT2D eigenvalue weighted by Gasteiger charge is 2.38.